The third-order valence-electron chi connectivity index (χ3n) is 2.63. The molecule has 0 aromatic rings. The van der Waals surface area contributed by atoms with E-state index < -0.39 is 0 Å². The van der Waals surface area contributed by atoms with Crippen molar-refractivity contribution in [2.24, 2.45) is 0 Å². The summed E-state index contributed by atoms with van der Waals surface area (Å²) in [5.74, 6) is 0.213. The minimum Gasteiger partial charge on any atom is -0.349 e. The second-order valence-electron chi connectivity index (χ2n) is 3.97. The molecule has 0 heterocycles. The van der Waals surface area contributed by atoms with Gasteiger partial charge in [0.05, 0.1) is 0 Å². The lowest BCUT2D eigenvalue weighted by atomic mass is 10.2. The summed E-state index contributed by atoms with van der Waals surface area (Å²) in [5.41, 5.74) is 0. The first-order valence-corrected chi connectivity index (χ1v) is 5.13. The van der Waals surface area contributed by atoms with Gasteiger partial charge in [-0.1, -0.05) is 12.8 Å². The van der Waals surface area contributed by atoms with Crippen LogP contribution in [0.1, 0.15) is 32.1 Å². The van der Waals surface area contributed by atoms with Gasteiger partial charge in [0.1, 0.15) is 0 Å². The van der Waals surface area contributed by atoms with Crippen molar-refractivity contribution >= 4 is 5.91 Å². The van der Waals surface area contributed by atoms with E-state index in [1.165, 1.54) is 25.7 Å². The van der Waals surface area contributed by atoms with Crippen LogP contribution in [-0.4, -0.2) is 37.5 Å². The molecule has 0 unspecified atom stereocenters. The summed E-state index contributed by atoms with van der Waals surface area (Å²) in [6, 6.07) is 0.676. The molecule has 0 spiro atoms. The summed E-state index contributed by atoms with van der Waals surface area (Å²) in [6.07, 6.45) is 5.90. The van der Waals surface area contributed by atoms with Crippen LogP contribution in [0, 0.1) is 0 Å². The molecule has 0 bridgehead atoms. The molecular formula is C10H20N2O. The molecule has 13 heavy (non-hydrogen) atoms. The van der Waals surface area contributed by atoms with E-state index in [4.69, 9.17) is 0 Å². The van der Waals surface area contributed by atoms with Crippen molar-refractivity contribution in [1.29, 1.82) is 0 Å². The first-order valence-electron chi connectivity index (χ1n) is 5.13. The van der Waals surface area contributed by atoms with Crippen LogP contribution in [0.2, 0.25) is 0 Å². The summed E-state index contributed by atoms with van der Waals surface area (Å²) >= 11 is 0. The molecule has 1 saturated carbocycles. The molecule has 3 nitrogen and oxygen atoms in total. The number of nitrogens with zero attached hydrogens (tertiary/aromatic N) is 1. The summed E-state index contributed by atoms with van der Waals surface area (Å²) in [6.45, 7) is 0.835. The van der Waals surface area contributed by atoms with Crippen molar-refractivity contribution in [2.75, 3.05) is 20.6 Å². The highest BCUT2D eigenvalue weighted by Crippen LogP contribution is 2.17. The van der Waals surface area contributed by atoms with E-state index in [9.17, 15) is 4.79 Å². The Bertz CT molecular complexity index is 162. The Hall–Kier alpha value is -0.570. The van der Waals surface area contributed by atoms with Gasteiger partial charge in [-0.15, -0.1) is 0 Å². The molecule has 3 heteroatoms. The van der Waals surface area contributed by atoms with Gasteiger partial charge in [-0.3, -0.25) is 4.79 Å². The lowest BCUT2D eigenvalue weighted by molar-refractivity contribution is -0.128. The van der Waals surface area contributed by atoms with Crippen LogP contribution >= 0.6 is 0 Å². The molecule has 1 rings (SSSR count). The van der Waals surface area contributed by atoms with Gasteiger partial charge in [0, 0.05) is 33.1 Å². The van der Waals surface area contributed by atoms with Crippen molar-refractivity contribution in [3.05, 3.63) is 0 Å². The molecule has 1 aliphatic carbocycles. The van der Waals surface area contributed by atoms with E-state index in [1.807, 2.05) is 0 Å². The Labute approximate surface area is 80.5 Å². The summed E-state index contributed by atoms with van der Waals surface area (Å²) in [4.78, 5) is 12.9. The predicted molar refractivity (Wildman–Crippen MR) is 53.6 cm³/mol. The van der Waals surface area contributed by atoms with E-state index in [0.717, 1.165) is 6.54 Å². The van der Waals surface area contributed by atoms with Crippen molar-refractivity contribution in [2.45, 2.75) is 38.1 Å². The van der Waals surface area contributed by atoms with Crippen molar-refractivity contribution < 1.29 is 4.79 Å². The van der Waals surface area contributed by atoms with E-state index in [-0.39, 0.29) is 5.91 Å². The highest BCUT2D eigenvalue weighted by Gasteiger charge is 2.14. The first kappa shape index (κ1) is 10.5. The van der Waals surface area contributed by atoms with Gasteiger partial charge in [0.2, 0.25) is 5.91 Å². The van der Waals surface area contributed by atoms with Gasteiger partial charge in [0.15, 0.2) is 0 Å². The fourth-order valence-corrected chi connectivity index (χ4v) is 1.74. The topological polar surface area (TPSA) is 32.3 Å². The Balaban J connectivity index is 2.03. The van der Waals surface area contributed by atoms with Crippen LogP contribution in [0.4, 0.5) is 0 Å². The number of nitrogens with one attached hydrogen (secondary N) is 1. The average molecular weight is 184 g/mol. The van der Waals surface area contributed by atoms with Crippen molar-refractivity contribution in [3.8, 4) is 0 Å². The maximum Gasteiger partial charge on any atom is 0.223 e. The Morgan fingerprint density at radius 2 is 2.00 bits per heavy atom. The zero-order valence-electron chi connectivity index (χ0n) is 8.68. The van der Waals surface area contributed by atoms with Gasteiger partial charge >= 0.3 is 0 Å². The molecule has 76 valence electrons. The van der Waals surface area contributed by atoms with Crippen LogP contribution in [0.15, 0.2) is 0 Å². The number of carbonyl (C=O) groups excluding carboxylic acids is 1. The fraction of sp³-hybridized carbons (Fsp3) is 0.900. The molecule has 1 fully saturated rings. The average Bonchev–Trinajstić information content (AvgIpc) is 2.56. The summed E-state index contributed by atoms with van der Waals surface area (Å²) in [7, 11) is 3.61. The maximum absolute atomic E-state index is 11.2. The third kappa shape index (κ3) is 3.77. The highest BCUT2D eigenvalue weighted by atomic mass is 16.2. The van der Waals surface area contributed by atoms with Crippen LogP contribution in [0.5, 0.6) is 0 Å². The molecule has 0 atom stereocenters. The SMILES string of the molecule is CN(C)C(=O)CCNC1CCCC1. The lowest BCUT2D eigenvalue weighted by Gasteiger charge is -2.13. The molecule has 1 amide bonds. The predicted octanol–water partition coefficient (Wildman–Crippen LogP) is 0.997. The molecule has 1 N–H and O–H groups in total. The van der Waals surface area contributed by atoms with Gasteiger partial charge in [-0.2, -0.15) is 0 Å². The standard InChI is InChI=1S/C10H20N2O/c1-12(2)10(13)7-8-11-9-5-3-4-6-9/h9,11H,3-8H2,1-2H3. The monoisotopic (exact) mass is 184 g/mol. The van der Waals surface area contributed by atoms with Crippen LogP contribution in [0.3, 0.4) is 0 Å². The van der Waals surface area contributed by atoms with Crippen molar-refractivity contribution in [1.82, 2.24) is 10.2 Å². The summed E-state index contributed by atoms with van der Waals surface area (Å²) < 4.78 is 0. The molecule has 0 aromatic carbocycles. The lowest BCUT2D eigenvalue weighted by Crippen LogP contribution is -2.31. The molecule has 0 aromatic heterocycles. The second kappa shape index (κ2) is 5.22. The first-order chi connectivity index (χ1) is 6.20. The van der Waals surface area contributed by atoms with E-state index >= 15 is 0 Å². The fourth-order valence-electron chi connectivity index (χ4n) is 1.74. The van der Waals surface area contributed by atoms with E-state index in [0.29, 0.717) is 12.5 Å². The molecule has 0 radical (unpaired) electrons. The molecule has 1 aliphatic rings. The zero-order valence-corrected chi connectivity index (χ0v) is 8.68. The van der Waals surface area contributed by atoms with Gasteiger partial charge in [-0.05, 0) is 12.8 Å². The smallest absolute Gasteiger partial charge is 0.223 e. The van der Waals surface area contributed by atoms with Crippen LogP contribution in [0.25, 0.3) is 0 Å². The Kier molecular flexibility index (Phi) is 4.22. The minimum atomic E-state index is 0.213. The minimum absolute atomic E-state index is 0.213. The Morgan fingerprint density at radius 1 is 1.38 bits per heavy atom. The normalized spacial score (nSPS) is 17.7. The highest BCUT2D eigenvalue weighted by molar-refractivity contribution is 5.75. The number of amides is 1. The quantitative estimate of drug-likeness (QED) is 0.707. The Morgan fingerprint density at radius 3 is 2.54 bits per heavy atom. The number of carbonyl (C=O) groups is 1. The van der Waals surface area contributed by atoms with Crippen LogP contribution < -0.4 is 5.32 Å². The zero-order chi connectivity index (χ0) is 9.68. The third-order valence-corrected chi connectivity index (χ3v) is 2.63. The van der Waals surface area contributed by atoms with Crippen LogP contribution in [-0.2, 0) is 4.79 Å². The van der Waals surface area contributed by atoms with Gasteiger partial charge < -0.3 is 10.2 Å². The van der Waals surface area contributed by atoms with E-state index in [1.54, 1.807) is 19.0 Å². The van der Waals surface area contributed by atoms with Gasteiger partial charge in [-0.25, -0.2) is 0 Å². The van der Waals surface area contributed by atoms with E-state index in [2.05, 4.69) is 5.32 Å². The summed E-state index contributed by atoms with van der Waals surface area (Å²) in [5, 5.41) is 3.42. The van der Waals surface area contributed by atoms with Crippen molar-refractivity contribution in [3.63, 3.8) is 0 Å². The maximum atomic E-state index is 11.2. The second-order valence-corrected chi connectivity index (χ2v) is 3.97. The molecule has 0 aliphatic heterocycles. The molecule has 0 saturated heterocycles. The number of rotatable bonds is 4. The largest absolute Gasteiger partial charge is 0.349 e. The number of hydrogen-bond acceptors (Lipinski definition) is 2. The number of hydrogen-bond donors (Lipinski definition) is 1. The van der Waals surface area contributed by atoms with Gasteiger partial charge in [0.25, 0.3) is 0 Å². The molecular weight excluding hydrogens is 164 g/mol.